The van der Waals surface area contributed by atoms with Crippen LogP contribution in [0.4, 0.5) is 0 Å². The number of alkyl halides is 1. The Bertz CT molecular complexity index is 609. The van der Waals surface area contributed by atoms with Crippen LogP contribution in [0.25, 0.3) is 11.2 Å². The van der Waals surface area contributed by atoms with Gasteiger partial charge in [-0.25, -0.2) is 4.98 Å². The van der Waals surface area contributed by atoms with Crippen LogP contribution in [0, 0.1) is 0 Å². The van der Waals surface area contributed by atoms with Gasteiger partial charge in [0.2, 0.25) is 5.88 Å². The molecule has 5 nitrogen and oxygen atoms in total. The van der Waals surface area contributed by atoms with Gasteiger partial charge in [0.25, 0.3) is 0 Å². The molecular formula is C15H23ClN4O. The van der Waals surface area contributed by atoms with E-state index < -0.39 is 0 Å². The number of pyridine rings is 1. The van der Waals surface area contributed by atoms with Crippen LogP contribution < -0.4 is 4.74 Å². The third-order valence-electron chi connectivity index (χ3n) is 3.72. The minimum Gasteiger partial charge on any atom is -0.481 e. The third kappa shape index (κ3) is 3.47. The number of likely N-dealkylation sites (N-methyl/N-ethyl adjacent to an activating group) is 1. The predicted molar refractivity (Wildman–Crippen MR) is 86.1 cm³/mol. The topological polar surface area (TPSA) is 43.2 Å². The van der Waals surface area contributed by atoms with E-state index in [0.29, 0.717) is 11.9 Å². The number of aromatic nitrogens is 3. The molecule has 0 radical (unpaired) electrons. The Balaban J connectivity index is 2.39. The first-order chi connectivity index (χ1) is 9.93. The van der Waals surface area contributed by atoms with Crippen molar-refractivity contribution in [1.82, 2.24) is 19.4 Å². The molecule has 0 aliphatic carbocycles. The molecule has 1 atom stereocenters. The van der Waals surface area contributed by atoms with Gasteiger partial charge in [-0.1, -0.05) is 0 Å². The number of fused-ring (bicyclic) bond motifs is 1. The first kappa shape index (κ1) is 16.0. The van der Waals surface area contributed by atoms with Gasteiger partial charge in [-0.05, 0) is 33.9 Å². The Labute approximate surface area is 130 Å². The summed E-state index contributed by atoms with van der Waals surface area (Å²) in [5.74, 6) is 1.44. The zero-order valence-electron chi connectivity index (χ0n) is 13.3. The fourth-order valence-corrected chi connectivity index (χ4v) is 2.32. The summed E-state index contributed by atoms with van der Waals surface area (Å²) < 4.78 is 7.31. The Hall–Kier alpha value is -1.33. The lowest BCUT2D eigenvalue weighted by molar-refractivity contribution is 0.263. The van der Waals surface area contributed by atoms with Crippen molar-refractivity contribution in [2.75, 3.05) is 20.7 Å². The number of imidazole rings is 1. The minimum absolute atomic E-state index is 0.158. The molecular weight excluding hydrogens is 288 g/mol. The minimum atomic E-state index is -0.158. The zero-order chi connectivity index (χ0) is 15.6. The zero-order valence-corrected chi connectivity index (χ0v) is 14.1. The van der Waals surface area contributed by atoms with Crippen LogP contribution in [0.3, 0.4) is 0 Å². The largest absolute Gasteiger partial charge is 0.481 e. The fourth-order valence-electron chi connectivity index (χ4n) is 2.16. The highest BCUT2D eigenvalue weighted by molar-refractivity contribution is 6.20. The van der Waals surface area contributed by atoms with Gasteiger partial charge in [-0.3, -0.25) is 0 Å². The lowest BCUT2D eigenvalue weighted by Crippen LogP contribution is -2.30. The molecule has 1 unspecified atom stereocenters. The van der Waals surface area contributed by atoms with E-state index in [4.69, 9.17) is 16.3 Å². The average Bonchev–Trinajstić information content (AvgIpc) is 2.82. The first-order valence-corrected chi connectivity index (χ1v) is 7.63. The normalized spacial score (nSPS) is 13.3. The summed E-state index contributed by atoms with van der Waals surface area (Å²) in [4.78, 5) is 11.4. The summed E-state index contributed by atoms with van der Waals surface area (Å²) in [7, 11) is 3.73. The number of nitrogens with zero attached hydrogens (tertiary/aromatic N) is 4. The van der Waals surface area contributed by atoms with Crippen molar-refractivity contribution in [3.63, 3.8) is 0 Å². The summed E-state index contributed by atoms with van der Waals surface area (Å²) in [6, 6.07) is 4.24. The van der Waals surface area contributed by atoms with E-state index in [1.807, 2.05) is 19.1 Å². The molecule has 0 N–H and O–H groups in total. The van der Waals surface area contributed by atoms with Gasteiger partial charge in [0.1, 0.15) is 11.3 Å². The number of methoxy groups -OCH3 is 1. The molecule has 2 rings (SSSR count). The maximum absolute atomic E-state index is 6.28. The number of halogens is 1. The highest BCUT2D eigenvalue weighted by atomic mass is 35.5. The molecule has 0 saturated carbocycles. The molecule has 0 spiro atoms. The van der Waals surface area contributed by atoms with E-state index in [2.05, 4.69) is 40.3 Å². The second-order valence-corrected chi connectivity index (χ2v) is 6.16. The maximum Gasteiger partial charge on any atom is 0.215 e. The highest BCUT2D eigenvalue weighted by Gasteiger charge is 2.17. The molecule has 2 aromatic rings. The van der Waals surface area contributed by atoms with Crippen molar-refractivity contribution < 1.29 is 4.74 Å². The fraction of sp³-hybridized carbons (Fsp3) is 0.600. The lowest BCUT2D eigenvalue weighted by atomic mass is 10.3. The van der Waals surface area contributed by atoms with Crippen molar-refractivity contribution in [1.29, 1.82) is 0 Å². The molecule has 0 fully saturated rings. The SMILES string of the molecule is COc1ccc2nc(C(C)Cl)n(CCN(C)C(C)C)c2n1. The predicted octanol–water partition coefficient (Wildman–Crippen LogP) is 3.08. The van der Waals surface area contributed by atoms with Crippen LogP contribution in [0.15, 0.2) is 12.1 Å². The second-order valence-electron chi connectivity index (χ2n) is 5.51. The van der Waals surface area contributed by atoms with E-state index in [1.54, 1.807) is 7.11 Å². The summed E-state index contributed by atoms with van der Waals surface area (Å²) in [5.41, 5.74) is 1.68. The van der Waals surface area contributed by atoms with Gasteiger partial charge in [-0.2, -0.15) is 4.98 Å². The monoisotopic (exact) mass is 310 g/mol. The van der Waals surface area contributed by atoms with Gasteiger partial charge < -0.3 is 14.2 Å². The van der Waals surface area contributed by atoms with Gasteiger partial charge in [0.15, 0.2) is 5.65 Å². The Morgan fingerprint density at radius 3 is 2.57 bits per heavy atom. The van der Waals surface area contributed by atoms with E-state index in [-0.39, 0.29) is 5.38 Å². The molecule has 0 bridgehead atoms. The molecule has 2 aromatic heterocycles. The summed E-state index contributed by atoms with van der Waals surface area (Å²) in [5, 5.41) is -0.158. The Morgan fingerprint density at radius 1 is 1.29 bits per heavy atom. The summed E-state index contributed by atoms with van der Waals surface area (Å²) >= 11 is 6.28. The van der Waals surface area contributed by atoms with Crippen LogP contribution >= 0.6 is 11.6 Å². The van der Waals surface area contributed by atoms with Crippen molar-refractivity contribution in [3.05, 3.63) is 18.0 Å². The van der Waals surface area contributed by atoms with Crippen molar-refractivity contribution in [3.8, 4) is 5.88 Å². The second kappa shape index (κ2) is 6.62. The van der Waals surface area contributed by atoms with Gasteiger partial charge in [0.05, 0.1) is 12.5 Å². The molecule has 2 heterocycles. The molecule has 0 aromatic carbocycles. The molecule has 0 amide bonds. The third-order valence-corrected chi connectivity index (χ3v) is 3.91. The van der Waals surface area contributed by atoms with Crippen LogP contribution in [-0.2, 0) is 6.54 Å². The van der Waals surface area contributed by atoms with Crippen molar-refractivity contribution in [2.24, 2.45) is 0 Å². The van der Waals surface area contributed by atoms with Crippen LogP contribution in [0.5, 0.6) is 5.88 Å². The number of rotatable bonds is 6. The lowest BCUT2D eigenvalue weighted by Gasteiger charge is -2.22. The van der Waals surface area contributed by atoms with Crippen molar-refractivity contribution >= 4 is 22.8 Å². The molecule has 116 valence electrons. The molecule has 0 saturated heterocycles. The smallest absolute Gasteiger partial charge is 0.215 e. The standard InChI is InChI=1S/C15H23ClN4O/c1-10(2)19(4)8-9-20-14(11(3)16)17-12-6-7-13(21-5)18-15(12)20/h6-7,10-11H,8-9H2,1-5H3. The van der Waals surface area contributed by atoms with Crippen molar-refractivity contribution in [2.45, 2.75) is 38.7 Å². The highest BCUT2D eigenvalue weighted by Crippen LogP contribution is 2.25. The van der Waals surface area contributed by atoms with E-state index in [9.17, 15) is 0 Å². The average molecular weight is 311 g/mol. The van der Waals surface area contributed by atoms with E-state index in [1.165, 1.54) is 0 Å². The van der Waals surface area contributed by atoms with Crippen LogP contribution in [-0.4, -0.2) is 46.2 Å². The van der Waals surface area contributed by atoms with Gasteiger partial charge in [0, 0.05) is 25.2 Å². The van der Waals surface area contributed by atoms with Crippen LogP contribution in [0.1, 0.15) is 32.0 Å². The van der Waals surface area contributed by atoms with E-state index in [0.717, 1.165) is 30.1 Å². The molecule has 0 aliphatic heterocycles. The van der Waals surface area contributed by atoms with Gasteiger partial charge >= 0.3 is 0 Å². The Kier molecular flexibility index (Phi) is 5.06. The summed E-state index contributed by atoms with van der Waals surface area (Å²) in [6.07, 6.45) is 0. The number of hydrogen-bond donors (Lipinski definition) is 0. The number of hydrogen-bond acceptors (Lipinski definition) is 4. The maximum atomic E-state index is 6.28. The summed E-state index contributed by atoms with van der Waals surface area (Å²) in [6.45, 7) is 8.01. The Morgan fingerprint density at radius 2 is 2.00 bits per heavy atom. The molecule has 21 heavy (non-hydrogen) atoms. The first-order valence-electron chi connectivity index (χ1n) is 7.19. The quantitative estimate of drug-likeness (QED) is 0.769. The van der Waals surface area contributed by atoms with Gasteiger partial charge in [-0.15, -0.1) is 11.6 Å². The van der Waals surface area contributed by atoms with E-state index >= 15 is 0 Å². The molecule has 0 aliphatic rings. The molecule has 6 heteroatoms. The number of ether oxygens (including phenoxy) is 1. The van der Waals surface area contributed by atoms with Crippen LogP contribution in [0.2, 0.25) is 0 Å².